The van der Waals surface area contributed by atoms with Crippen LogP contribution in [-0.2, 0) is 36.9 Å². The van der Waals surface area contributed by atoms with Crippen molar-refractivity contribution < 1.29 is 56.9 Å². The van der Waals surface area contributed by atoms with Gasteiger partial charge in [0.2, 0.25) is 5.91 Å². The molecule has 0 bridgehead atoms. The van der Waals surface area contributed by atoms with Gasteiger partial charge in [-0.1, -0.05) is 30.3 Å². The summed E-state index contributed by atoms with van der Waals surface area (Å²) in [6.07, 6.45) is -11.0. The quantitative estimate of drug-likeness (QED) is 0.254. The number of carbonyl (C=O) groups excluding carboxylic acids is 1. The van der Waals surface area contributed by atoms with Gasteiger partial charge in [0.05, 0.1) is 17.0 Å². The lowest BCUT2D eigenvalue weighted by Gasteiger charge is -2.42. The highest BCUT2D eigenvalue weighted by Gasteiger charge is 2.51. The first-order valence-electron chi connectivity index (χ1n) is 10.6. The van der Waals surface area contributed by atoms with Crippen molar-refractivity contribution in [1.82, 2.24) is 0 Å². The molecule has 2 aromatic rings. The topological polar surface area (TPSA) is 86.5 Å². The predicted octanol–water partition coefficient (Wildman–Crippen LogP) is 6.17. The van der Waals surface area contributed by atoms with Crippen molar-refractivity contribution in [2.24, 2.45) is 5.73 Å². The van der Waals surface area contributed by atoms with E-state index in [0.29, 0.717) is 12.1 Å². The summed E-state index contributed by atoms with van der Waals surface area (Å²) in [7, 11) is -6.04. The van der Waals surface area contributed by atoms with E-state index in [1.54, 1.807) is 0 Å². The van der Waals surface area contributed by atoms with Gasteiger partial charge >= 0.3 is 28.0 Å². The average molecular weight is 575 g/mol. The molecule has 2 unspecified atom stereocenters. The molecule has 0 radical (unpaired) electrons. The van der Waals surface area contributed by atoms with Crippen LogP contribution in [0.15, 0.2) is 60.4 Å². The molecule has 208 valence electrons. The molecule has 0 fully saturated rings. The Morgan fingerprint density at radius 1 is 0.895 bits per heavy atom. The average Bonchev–Trinajstić information content (AvgIpc) is 2.78. The number of rotatable bonds is 6. The number of hydrogen-bond donors (Lipinski definition) is 1. The third kappa shape index (κ3) is 5.92. The summed E-state index contributed by atoms with van der Waals surface area (Å²) in [5.74, 6) is -3.79. The largest absolute Gasteiger partial charge is 0.534 e. The maximum atomic E-state index is 13.5. The molecule has 1 aliphatic carbocycles. The minimum absolute atomic E-state index is 0.120. The van der Waals surface area contributed by atoms with Crippen LogP contribution in [0.3, 0.4) is 0 Å². The molecule has 15 heteroatoms. The van der Waals surface area contributed by atoms with Crippen LogP contribution in [-0.4, -0.2) is 19.8 Å². The van der Waals surface area contributed by atoms with E-state index in [9.17, 15) is 52.7 Å². The van der Waals surface area contributed by atoms with E-state index in [1.807, 2.05) is 0 Å². The molecule has 2 aromatic carbocycles. The monoisotopic (exact) mass is 575 g/mol. The van der Waals surface area contributed by atoms with E-state index in [1.165, 1.54) is 30.3 Å². The van der Waals surface area contributed by atoms with Crippen LogP contribution in [0.2, 0.25) is 0 Å². The number of halogens is 9. The second-order valence-corrected chi connectivity index (χ2v) is 10.1. The summed E-state index contributed by atoms with van der Waals surface area (Å²) in [5, 5.41) is 0. The molecule has 38 heavy (non-hydrogen) atoms. The Labute approximate surface area is 210 Å². The van der Waals surface area contributed by atoms with Crippen molar-refractivity contribution in [3.05, 3.63) is 82.6 Å². The molecule has 0 saturated heterocycles. The summed E-state index contributed by atoms with van der Waals surface area (Å²) in [6.45, 7) is 0. The highest BCUT2D eigenvalue weighted by molar-refractivity contribution is 7.87. The van der Waals surface area contributed by atoms with Crippen LogP contribution >= 0.6 is 0 Å². The standard InChI is InChI=1S/C23H18F9NO4S/c24-21(25,26)15-10-13(11-16(12-15)22(27,28)29)18(19(33)34)20(14-4-2-1-3-5-14)8-6-17(7-9-20)37-38(35,36)23(30,31)32/h1-6,10-12,18H,7-9H2,(H2,33,34). The van der Waals surface area contributed by atoms with Gasteiger partial charge in [-0.25, -0.2) is 0 Å². The number of alkyl halides is 9. The third-order valence-electron chi connectivity index (χ3n) is 6.14. The summed E-state index contributed by atoms with van der Waals surface area (Å²) in [5.41, 5.74) is -5.74. The first kappa shape index (κ1) is 29.3. The Bertz CT molecular complexity index is 1300. The van der Waals surface area contributed by atoms with Gasteiger partial charge in [0, 0.05) is 11.8 Å². The van der Waals surface area contributed by atoms with E-state index >= 15 is 0 Å². The molecule has 2 N–H and O–H groups in total. The van der Waals surface area contributed by atoms with Crippen LogP contribution in [0.5, 0.6) is 0 Å². The second kappa shape index (κ2) is 9.82. The Balaban J connectivity index is 2.22. The minimum Gasteiger partial charge on any atom is -0.381 e. The molecule has 5 nitrogen and oxygen atoms in total. The third-order valence-corrected chi connectivity index (χ3v) is 7.14. The van der Waals surface area contributed by atoms with Gasteiger partial charge in [-0.2, -0.15) is 47.9 Å². The van der Waals surface area contributed by atoms with Gasteiger partial charge in [0.25, 0.3) is 0 Å². The van der Waals surface area contributed by atoms with E-state index in [4.69, 9.17) is 5.73 Å². The smallest absolute Gasteiger partial charge is 0.381 e. The Morgan fingerprint density at radius 2 is 1.42 bits per heavy atom. The van der Waals surface area contributed by atoms with Crippen molar-refractivity contribution >= 4 is 16.0 Å². The zero-order chi connectivity index (χ0) is 28.7. The number of nitrogens with two attached hydrogens (primary N) is 1. The van der Waals surface area contributed by atoms with E-state index < -0.39 is 86.9 Å². The normalized spacial score (nSPS) is 20.0. The summed E-state index contributed by atoms with van der Waals surface area (Å²) in [4.78, 5) is 12.7. The predicted molar refractivity (Wildman–Crippen MR) is 114 cm³/mol. The lowest BCUT2D eigenvalue weighted by atomic mass is 9.61. The SMILES string of the molecule is NC(=O)C(c1cc(C(F)(F)F)cc(C(F)(F)F)c1)C1(c2ccccc2)CC=C(OS(=O)(=O)C(F)(F)F)CC1. The molecule has 1 amide bonds. The Kier molecular flexibility index (Phi) is 7.58. The number of amides is 1. The van der Waals surface area contributed by atoms with Crippen molar-refractivity contribution in [3.8, 4) is 0 Å². The molecule has 0 aliphatic heterocycles. The van der Waals surface area contributed by atoms with Crippen molar-refractivity contribution in [2.75, 3.05) is 0 Å². The number of carbonyl (C=O) groups is 1. The maximum Gasteiger partial charge on any atom is 0.534 e. The number of primary amides is 1. The number of benzene rings is 2. The molecule has 0 saturated carbocycles. The van der Waals surface area contributed by atoms with E-state index in [-0.39, 0.29) is 11.6 Å². The van der Waals surface area contributed by atoms with Crippen molar-refractivity contribution in [2.45, 2.75) is 48.5 Å². The molecular weight excluding hydrogens is 557 g/mol. The van der Waals surface area contributed by atoms with Crippen LogP contribution < -0.4 is 5.73 Å². The molecule has 0 spiro atoms. The van der Waals surface area contributed by atoms with E-state index in [0.717, 1.165) is 6.08 Å². The highest BCUT2D eigenvalue weighted by Crippen LogP contribution is 2.51. The van der Waals surface area contributed by atoms with Gasteiger partial charge in [-0.15, -0.1) is 0 Å². The fourth-order valence-corrected chi connectivity index (χ4v) is 5.00. The summed E-state index contributed by atoms with van der Waals surface area (Å²) < 4.78 is 146. The zero-order valence-corrected chi connectivity index (χ0v) is 19.7. The Morgan fingerprint density at radius 3 is 1.82 bits per heavy atom. The maximum absolute atomic E-state index is 13.5. The first-order chi connectivity index (χ1) is 17.3. The van der Waals surface area contributed by atoms with Crippen molar-refractivity contribution in [1.29, 1.82) is 0 Å². The van der Waals surface area contributed by atoms with Crippen molar-refractivity contribution in [3.63, 3.8) is 0 Å². The fourth-order valence-electron chi connectivity index (χ4n) is 4.47. The van der Waals surface area contributed by atoms with Crippen LogP contribution in [0.25, 0.3) is 0 Å². The van der Waals surface area contributed by atoms with Gasteiger partial charge in [0.1, 0.15) is 5.76 Å². The van der Waals surface area contributed by atoms with Gasteiger partial charge in [0.15, 0.2) is 0 Å². The number of allylic oxidation sites excluding steroid dienone is 2. The second-order valence-electron chi connectivity index (χ2n) is 8.55. The molecule has 1 aliphatic rings. The molecule has 0 aromatic heterocycles. The highest BCUT2D eigenvalue weighted by atomic mass is 32.2. The summed E-state index contributed by atoms with van der Waals surface area (Å²) in [6, 6.07) is 7.90. The lowest BCUT2D eigenvalue weighted by molar-refractivity contribution is -0.143. The van der Waals surface area contributed by atoms with Gasteiger partial charge < -0.3 is 9.92 Å². The van der Waals surface area contributed by atoms with E-state index in [2.05, 4.69) is 4.18 Å². The molecule has 0 heterocycles. The molecular formula is C23H18F9NO4S. The summed E-state index contributed by atoms with van der Waals surface area (Å²) >= 11 is 0. The van der Waals surface area contributed by atoms with Crippen LogP contribution in [0.4, 0.5) is 39.5 Å². The van der Waals surface area contributed by atoms with Crippen LogP contribution in [0, 0.1) is 0 Å². The zero-order valence-electron chi connectivity index (χ0n) is 18.9. The lowest BCUT2D eigenvalue weighted by Crippen LogP contribution is -2.43. The fraction of sp³-hybridized carbons (Fsp3) is 0.348. The first-order valence-corrected chi connectivity index (χ1v) is 12.0. The number of hydrogen-bond acceptors (Lipinski definition) is 4. The van der Waals surface area contributed by atoms with Gasteiger partial charge in [-0.05, 0) is 48.2 Å². The minimum atomic E-state index is -6.04. The molecule has 2 atom stereocenters. The molecule has 3 rings (SSSR count). The van der Waals surface area contributed by atoms with Crippen LogP contribution in [0.1, 0.15) is 47.4 Å². The van der Waals surface area contributed by atoms with Gasteiger partial charge in [-0.3, -0.25) is 4.79 Å². The Hall–Kier alpha value is -3.23.